The summed E-state index contributed by atoms with van der Waals surface area (Å²) in [5, 5.41) is 0. The largest absolute Gasteiger partial charge is 0.465 e. The number of benzene rings is 1. The molecule has 0 aromatic heterocycles. The fourth-order valence-corrected chi connectivity index (χ4v) is 14.1. The van der Waals surface area contributed by atoms with Gasteiger partial charge < -0.3 is 23.7 Å². The number of sulfonamides is 1. The fourth-order valence-electron chi connectivity index (χ4n) is 13.1. The molecule has 0 amide bonds. The van der Waals surface area contributed by atoms with Crippen LogP contribution >= 0.6 is 0 Å². The lowest BCUT2D eigenvalue weighted by Crippen LogP contribution is -2.74. The summed E-state index contributed by atoms with van der Waals surface area (Å²) in [6.07, 6.45) is 2.26. The van der Waals surface area contributed by atoms with Crippen LogP contribution in [0.1, 0.15) is 100 Å². The van der Waals surface area contributed by atoms with Gasteiger partial charge in [-0.25, -0.2) is 13.2 Å². The number of nitrogens with zero attached hydrogens (tertiary/aromatic N) is 1. The van der Waals surface area contributed by atoms with Gasteiger partial charge in [-0.3, -0.25) is 13.9 Å². The van der Waals surface area contributed by atoms with E-state index in [4.69, 9.17) is 23.7 Å². The molecule has 6 fully saturated rings. The molecule has 2 aliphatic carbocycles. The third-order valence-electron chi connectivity index (χ3n) is 15.1. The number of rotatable bonds is 2. The van der Waals surface area contributed by atoms with Crippen molar-refractivity contribution < 1.29 is 46.5 Å². The van der Waals surface area contributed by atoms with Crippen molar-refractivity contribution in [2.45, 2.75) is 115 Å². The molecule has 2 spiro atoms. The third kappa shape index (κ3) is 3.45. The molecule has 12 heteroatoms. The zero-order valence-corrected chi connectivity index (χ0v) is 30.8. The van der Waals surface area contributed by atoms with E-state index in [2.05, 4.69) is 18.8 Å². The smallest absolute Gasteiger partial charge is 0.339 e. The van der Waals surface area contributed by atoms with Gasteiger partial charge in [-0.2, -0.15) is 0 Å². The summed E-state index contributed by atoms with van der Waals surface area (Å²) in [6, 6.07) is 0. The Kier molecular flexibility index (Phi) is 6.01. The van der Waals surface area contributed by atoms with Gasteiger partial charge in [0.2, 0.25) is 10.0 Å². The fraction of sp³-hybridized carbons (Fsp3) is 0.667. The molecule has 11 nitrogen and oxygen atoms in total. The second-order valence-electron chi connectivity index (χ2n) is 17.3. The van der Waals surface area contributed by atoms with Crippen LogP contribution < -0.4 is 4.31 Å². The maximum absolute atomic E-state index is 14.8. The molecule has 51 heavy (non-hydrogen) atoms. The summed E-state index contributed by atoms with van der Waals surface area (Å²) in [4.78, 5) is 41.5. The minimum atomic E-state index is -3.56. The number of esters is 2. The van der Waals surface area contributed by atoms with Crippen LogP contribution in [0.5, 0.6) is 0 Å². The highest BCUT2D eigenvalue weighted by atomic mass is 32.2. The molecule has 2 bridgehead atoms. The molecule has 270 valence electrons. The highest BCUT2D eigenvalue weighted by molar-refractivity contribution is 7.92. The Morgan fingerprint density at radius 1 is 1.00 bits per heavy atom. The number of epoxide rings is 1. The van der Waals surface area contributed by atoms with Gasteiger partial charge in [0, 0.05) is 46.4 Å². The molecule has 10 rings (SSSR count). The number of ether oxygens (including phenoxy) is 5. The summed E-state index contributed by atoms with van der Waals surface area (Å²) in [5.41, 5.74) is 1.65. The van der Waals surface area contributed by atoms with Gasteiger partial charge in [0.05, 0.1) is 35.5 Å². The van der Waals surface area contributed by atoms with Gasteiger partial charge in [0.1, 0.15) is 36.3 Å². The van der Waals surface area contributed by atoms with Crippen LogP contribution in [-0.2, 0) is 54.5 Å². The van der Waals surface area contributed by atoms with E-state index < -0.39 is 74.0 Å². The Morgan fingerprint density at radius 2 is 1.76 bits per heavy atom. The van der Waals surface area contributed by atoms with Crippen molar-refractivity contribution in [2.75, 3.05) is 23.7 Å². The van der Waals surface area contributed by atoms with E-state index in [0.717, 1.165) is 33.4 Å². The Hall–Kier alpha value is -3.24. The zero-order chi connectivity index (χ0) is 36.0. The van der Waals surface area contributed by atoms with E-state index in [1.54, 1.807) is 6.92 Å². The molecular weight excluding hydrogens is 674 g/mol. The number of carbonyl (C=O) groups excluding carboxylic acids is 3. The molecule has 2 unspecified atom stereocenters. The number of cyclic esters (lactones) is 2. The van der Waals surface area contributed by atoms with Crippen molar-refractivity contribution in [2.24, 2.45) is 28.1 Å². The lowest BCUT2D eigenvalue weighted by atomic mass is 9.37. The minimum Gasteiger partial charge on any atom is -0.465 e. The standard InChI is InChI=1S/C39H43NO10S/c1-8-9-19-18(2)28-29(30-20(19)11-13-40(30)51(7,44)45)22-14-21(31(28)47-22)32-36(5)12-10-23-37(6,39(36)33(50-39)34(43)48-32)25(41)15-24-35(3,4)49-26-16-27(42)46-17-38(23,24)26/h14,22-24,26,31-33H,10-13,15-17H2,1-7H3/t22?,23-,24-,26-,31?,32-,33+,36-,37-,38+,39+/m0/s1. The minimum absolute atomic E-state index is 0.0535. The van der Waals surface area contributed by atoms with E-state index >= 15 is 0 Å². The molecular formula is C39H43NO10S. The van der Waals surface area contributed by atoms with Gasteiger partial charge in [-0.1, -0.05) is 12.8 Å². The summed E-state index contributed by atoms with van der Waals surface area (Å²) in [6.45, 7) is 12.4. The lowest BCUT2D eigenvalue weighted by molar-refractivity contribution is -0.222. The summed E-state index contributed by atoms with van der Waals surface area (Å²) in [5.74, 6) is 5.17. The van der Waals surface area contributed by atoms with Gasteiger partial charge in [0.15, 0.2) is 6.10 Å². The average molecular weight is 718 g/mol. The van der Waals surface area contributed by atoms with Crippen LogP contribution in [0.25, 0.3) is 0 Å². The van der Waals surface area contributed by atoms with E-state index in [0.29, 0.717) is 31.5 Å². The average Bonchev–Trinajstić information content (AvgIpc) is 3.29. The van der Waals surface area contributed by atoms with Crippen LogP contribution in [0, 0.1) is 46.8 Å². The quantitative estimate of drug-likeness (QED) is 0.192. The molecule has 0 N–H and O–H groups in total. The Morgan fingerprint density at radius 3 is 2.49 bits per heavy atom. The molecule has 11 atom stereocenters. The molecule has 4 saturated heterocycles. The van der Waals surface area contributed by atoms with Crippen LogP contribution in [0.4, 0.5) is 5.69 Å². The van der Waals surface area contributed by atoms with Crippen molar-refractivity contribution in [3.63, 3.8) is 0 Å². The molecule has 2 saturated carbocycles. The first-order chi connectivity index (χ1) is 24.0. The van der Waals surface area contributed by atoms with Crippen molar-refractivity contribution in [3.8, 4) is 11.8 Å². The van der Waals surface area contributed by atoms with E-state index in [-0.39, 0.29) is 43.0 Å². The second kappa shape index (κ2) is 9.46. The van der Waals surface area contributed by atoms with Gasteiger partial charge in [-0.15, -0.1) is 5.92 Å². The lowest BCUT2D eigenvalue weighted by Gasteiger charge is -2.65. The Balaban J connectivity index is 1.10. The number of carbonyl (C=O) groups is 3. The van der Waals surface area contributed by atoms with Crippen LogP contribution in [0.2, 0.25) is 0 Å². The van der Waals surface area contributed by atoms with E-state index in [1.165, 1.54) is 10.6 Å². The monoisotopic (exact) mass is 717 g/mol. The molecule has 7 heterocycles. The zero-order valence-electron chi connectivity index (χ0n) is 30.0. The number of ketones is 1. The number of hydrogen-bond acceptors (Lipinski definition) is 10. The van der Waals surface area contributed by atoms with Crippen LogP contribution in [0.15, 0.2) is 11.6 Å². The molecule has 7 aliphatic heterocycles. The summed E-state index contributed by atoms with van der Waals surface area (Å²) < 4.78 is 59.7. The first kappa shape index (κ1) is 32.4. The second-order valence-corrected chi connectivity index (χ2v) is 19.3. The predicted molar refractivity (Wildman–Crippen MR) is 181 cm³/mol. The highest BCUT2D eigenvalue weighted by Crippen LogP contribution is 2.79. The third-order valence-corrected chi connectivity index (χ3v) is 16.2. The number of fused-ring (bicyclic) bond motifs is 8. The van der Waals surface area contributed by atoms with Crippen LogP contribution in [0.3, 0.4) is 0 Å². The van der Waals surface area contributed by atoms with Crippen molar-refractivity contribution in [1.29, 1.82) is 0 Å². The highest BCUT2D eigenvalue weighted by Gasteiger charge is 2.90. The van der Waals surface area contributed by atoms with E-state index in [9.17, 15) is 22.8 Å². The summed E-state index contributed by atoms with van der Waals surface area (Å²) in [7, 11) is -3.56. The number of anilines is 1. The van der Waals surface area contributed by atoms with E-state index in [1.807, 2.05) is 33.8 Å². The number of Topliss-reactive ketones (excluding diaryl/α,β-unsaturated/α-hetero) is 1. The van der Waals surface area contributed by atoms with Gasteiger partial charge in [0.25, 0.3) is 0 Å². The summed E-state index contributed by atoms with van der Waals surface area (Å²) >= 11 is 0. The van der Waals surface area contributed by atoms with Gasteiger partial charge >= 0.3 is 11.9 Å². The molecule has 0 radical (unpaired) electrons. The first-order valence-electron chi connectivity index (χ1n) is 18.2. The maximum Gasteiger partial charge on any atom is 0.339 e. The van der Waals surface area contributed by atoms with Crippen LogP contribution in [-0.4, -0.2) is 75.1 Å². The van der Waals surface area contributed by atoms with Crippen molar-refractivity contribution >= 4 is 33.4 Å². The topological polar surface area (TPSA) is 138 Å². The Bertz CT molecular complexity index is 2130. The Labute approximate surface area is 297 Å². The SMILES string of the molecule is CC#Cc1c(C)c2c(c3c1CCN3S(C)(=O)=O)C1C=C([C@@H]3OC(=O)[C@H]4O[C@@]45[C@@]3(C)CC[C@@H]3[C@@]46COC(=O)C[C@@H]4OC(C)(C)[C@@H]6CC(=O)[C@]35C)C2O1. The first-order valence-corrected chi connectivity index (χ1v) is 20.0. The van der Waals surface area contributed by atoms with Crippen molar-refractivity contribution in [1.82, 2.24) is 0 Å². The maximum atomic E-state index is 14.8. The van der Waals surface area contributed by atoms with Crippen molar-refractivity contribution in [3.05, 3.63) is 39.5 Å². The molecule has 1 aromatic carbocycles. The predicted octanol–water partition coefficient (Wildman–Crippen LogP) is 3.93. The van der Waals surface area contributed by atoms with Gasteiger partial charge in [-0.05, 0) is 82.6 Å². The molecule has 1 aromatic rings. The molecule has 9 aliphatic rings. The number of hydrogen-bond donors (Lipinski definition) is 0. The normalized spacial score (nSPS) is 44.8.